The lowest BCUT2D eigenvalue weighted by atomic mass is 9.91. The SMILES string of the molecule is COc1cc(C=O)c2cc(CC(C)(C)C)oc2c1OC. The quantitative estimate of drug-likeness (QED) is 0.796. The lowest BCUT2D eigenvalue weighted by Crippen LogP contribution is -2.08. The van der Waals surface area contributed by atoms with Crippen molar-refractivity contribution in [3.05, 3.63) is 23.5 Å². The van der Waals surface area contributed by atoms with Crippen molar-refractivity contribution in [2.45, 2.75) is 27.2 Å². The molecule has 0 bridgehead atoms. The Balaban J connectivity index is 2.67. The van der Waals surface area contributed by atoms with Crippen molar-refractivity contribution in [3.63, 3.8) is 0 Å². The predicted octanol–water partition coefficient (Wildman–Crippen LogP) is 3.85. The fourth-order valence-corrected chi connectivity index (χ4v) is 2.27. The molecule has 4 heteroatoms. The van der Waals surface area contributed by atoms with E-state index in [0.717, 1.165) is 23.9 Å². The molecular weight excluding hydrogens is 256 g/mol. The molecule has 0 unspecified atom stereocenters. The summed E-state index contributed by atoms with van der Waals surface area (Å²) in [6.07, 6.45) is 1.59. The van der Waals surface area contributed by atoms with E-state index in [0.29, 0.717) is 22.6 Å². The standard InChI is InChI=1S/C16H20O4/c1-16(2,3)8-11-7-12-10(9-17)6-13(18-4)15(19-5)14(12)20-11/h6-7,9H,8H2,1-5H3. The molecule has 4 nitrogen and oxygen atoms in total. The maximum Gasteiger partial charge on any atom is 0.204 e. The van der Waals surface area contributed by atoms with Crippen LogP contribution in [-0.2, 0) is 6.42 Å². The van der Waals surface area contributed by atoms with E-state index in [1.807, 2.05) is 6.07 Å². The number of methoxy groups -OCH3 is 2. The summed E-state index contributed by atoms with van der Waals surface area (Å²) >= 11 is 0. The molecule has 2 aromatic rings. The van der Waals surface area contributed by atoms with Crippen LogP contribution in [0.2, 0.25) is 0 Å². The Morgan fingerprint density at radius 1 is 1.20 bits per heavy atom. The van der Waals surface area contributed by atoms with Crippen LogP contribution in [0.25, 0.3) is 11.0 Å². The van der Waals surface area contributed by atoms with Crippen LogP contribution in [0.4, 0.5) is 0 Å². The van der Waals surface area contributed by atoms with Crippen molar-refractivity contribution in [3.8, 4) is 11.5 Å². The highest BCUT2D eigenvalue weighted by atomic mass is 16.5. The highest BCUT2D eigenvalue weighted by Gasteiger charge is 2.20. The van der Waals surface area contributed by atoms with E-state index in [9.17, 15) is 4.79 Å². The molecule has 20 heavy (non-hydrogen) atoms. The molecule has 0 saturated carbocycles. The minimum atomic E-state index is 0.104. The molecule has 1 heterocycles. The second kappa shape index (κ2) is 5.19. The third-order valence-corrected chi connectivity index (χ3v) is 3.07. The number of furan rings is 1. The normalized spacial score (nSPS) is 11.7. The Bertz CT molecular complexity index is 632. The van der Waals surface area contributed by atoms with Crippen LogP contribution < -0.4 is 9.47 Å². The Labute approximate surface area is 118 Å². The number of aldehydes is 1. The first-order valence-corrected chi connectivity index (χ1v) is 6.52. The van der Waals surface area contributed by atoms with Gasteiger partial charge in [0, 0.05) is 17.4 Å². The molecular formula is C16H20O4. The first-order chi connectivity index (χ1) is 9.39. The Kier molecular flexibility index (Phi) is 3.75. The molecule has 0 aliphatic rings. The number of fused-ring (bicyclic) bond motifs is 1. The van der Waals surface area contributed by atoms with Gasteiger partial charge >= 0.3 is 0 Å². The molecule has 0 amide bonds. The van der Waals surface area contributed by atoms with Crippen molar-refractivity contribution in [2.24, 2.45) is 5.41 Å². The molecule has 1 aromatic heterocycles. The zero-order valence-corrected chi connectivity index (χ0v) is 12.6. The average Bonchev–Trinajstić information content (AvgIpc) is 2.77. The van der Waals surface area contributed by atoms with Crippen molar-refractivity contribution < 1.29 is 18.7 Å². The van der Waals surface area contributed by atoms with Gasteiger partial charge < -0.3 is 13.9 Å². The van der Waals surface area contributed by atoms with E-state index >= 15 is 0 Å². The predicted molar refractivity (Wildman–Crippen MR) is 77.9 cm³/mol. The molecule has 0 radical (unpaired) electrons. The summed E-state index contributed by atoms with van der Waals surface area (Å²) in [6.45, 7) is 6.41. The van der Waals surface area contributed by atoms with Crippen LogP contribution in [0.15, 0.2) is 16.5 Å². The number of benzene rings is 1. The third kappa shape index (κ3) is 2.64. The van der Waals surface area contributed by atoms with Crippen molar-refractivity contribution in [1.29, 1.82) is 0 Å². The maximum absolute atomic E-state index is 11.2. The number of carbonyl (C=O) groups excluding carboxylic acids is 1. The zero-order valence-electron chi connectivity index (χ0n) is 12.6. The van der Waals surface area contributed by atoms with E-state index < -0.39 is 0 Å². The van der Waals surface area contributed by atoms with Crippen LogP contribution >= 0.6 is 0 Å². The first-order valence-electron chi connectivity index (χ1n) is 6.52. The number of hydrogen-bond acceptors (Lipinski definition) is 4. The van der Waals surface area contributed by atoms with Crippen molar-refractivity contribution >= 4 is 17.3 Å². The zero-order chi connectivity index (χ0) is 14.9. The van der Waals surface area contributed by atoms with Gasteiger partial charge in [-0.1, -0.05) is 20.8 Å². The fourth-order valence-electron chi connectivity index (χ4n) is 2.27. The second-order valence-electron chi connectivity index (χ2n) is 6.01. The minimum absolute atomic E-state index is 0.104. The van der Waals surface area contributed by atoms with Gasteiger partial charge in [0.2, 0.25) is 5.75 Å². The topological polar surface area (TPSA) is 48.7 Å². The molecule has 2 rings (SSSR count). The van der Waals surface area contributed by atoms with Gasteiger partial charge in [-0.2, -0.15) is 0 Å². The van der Waals surface area contributed by atoms with Crippen LogP contribution in [0.5, 0.6) is 11.5 Å². The number of hydrogen-bond donors (Lipinski definition) is 0. The van der Waals surface area contributed by atoms with Gasteiger partial charge in [-0.25, -0.2) is 0 Å². The summed E-state index contributed by atoms with van der Waals surface area (Å²) in [5, 5.41) is 0.761. The lowest BCUT2D eigenvalue weighted by Gasteiger charge is -2.15. The lowest BCUT2D eigenvalue weighted by molar-refractivity contribution is 0.112. The van der Waals surface area contributed by atoms with E-state index in [-0.39, 0.29) is 5.41 Å². The van der Waals surface area contributed by atoms with Crippen LogP contribution in [0.1, 0.15) is 36.9 Å². The highest BCUT2D eigenvalue weighted by molar-refractivity contribution is 6.00. The largest absolute Gasteiger partial charge is 0.493 e. The van der Waals surface area contributed by atoms with Crippen molar-refractivity contribution in [1.82, 2.24) is 0 Å². The second-order valence-corrected chi connectivity index (χ2v) is 6.01. The average molecular weight is 276 g/mol. The summed E-state index contributed by atoms with van der Waals surface area (Å²) in [6, 6.07) is 3.58. The van der Waals surface area contributed by atoms with Gasteiger partial charge in [0.1, 0.15) is 5.76 Å². The van der Waals surface area contributed by atoms with Gasteiger partial charge in [-0.3, -0.25) is 4.79 Å². The van der Waals surface area contributed by atoms with E-state index in [2.05, 4.69) is 20.8 Å². The van der Waals surface area contributed by atoms with Crippen LogP contribution in [-0.4, -0.2) is 20.5 Å². The molecule has 0 fully saturated rings. The Morgan fingerprint density at radius 2 is 1.90 bits per heavy atom. The van der Waals surface area contributed by atoms with Gasteiger partial charge in [-0.05, 0) is 17.5 Å². The number of rotatable bonds is 4. The smallest absolute Gasteiger partial charge is 0.204 e. The van der Waals surface area contributed by atoms with E-state index in [1.54, 1.807) is 13.2 Å². The molecule has 0 N–H and O–H groups in total. The summed E-state index contributed by atoms with van der Waals surface area (Å²) in [5.74, 6) is 1.86. The summed E-state index contributed by atoms with van der Waals surface area (Å²) in [5.41, 5.74) is 1.21. The number of carbonyl (C=O) groups is 1. The molecule has 0 aliphatic heterocycles. The monoisotopic (exact) mass is 276 g/mol. The van der Waals surface area contributed by atoms with Gasteiger partial charge in [0.15, 0.2) is 17.6 Å². The van der Waals surface area contributed by atoms with Crippen LogP contribution in [0.3, 0.4) is 0 Å². The summed E-state index contributed by atoms with van der Waals surface area (Å²) in [4.78, 5) is 11.2. The summed E-state index contributed by atoms with van der Waals surface area (Å²) < 4.78 is 16.5. The fraction of sp³-hybridized carbons (Fsp3) is 0.438. The third-order valence-electron chi connectivity index (χ3n) is 3.07. The first kappa shape index (κ1) is 14.4. The van der Waals surface area contributed by atoms with Crippen LogP contribution in [0, 0.1) is 5.41 Å². The molecule has 1 aromatic carbocycles. The number of ether oxygens (including phenoxy) is 2. The van der Waals surface area contributed by atoms with E-state index in [1.165, 1.54) is 7.11 Å². The minimum Gasteiger partial charge on any atom is -0.493 e. The highest BCUT2D eigenvalue weighted by Crippen LogP contribution is 2.40. The Morgan fingerprint density at radius 3 is 2.40 bits per heavy atom. The van der Waals surface area contributed by atoms with Crippen molar-refractivity contribution in [2.75, 3.05) is 14.2 Å². The van der Waals surface area contributed by atoms with Gasteiger partial charge in [0.25, 0.3) is 0 Å². The maximum atomic E-state index is 11.2. The molecule has 0 atom stereocenters. The van der Waals surface area contributed by atoms with Gasteiger partial charge in [0.05, 0.1) is 14.2 Å². The molecule has 108 valence electrons. The molecule has 0 aliphatic carbocycles. The Hall–Kier alpha value is -1.97. The molecule has 0 saturated heterocycles. The molecule has 0 spiro atoms. The summed E-state index contributed by atoms with van der Waals surface area (Å²) in [7, 11) is 3.10. The van der Waals surface area contributed by atoms with Gasteiger partial charge in [-0.15, -0.1) is 0 Å². The van der Waals surface area contributed by atoms with E-state index in [4.69, 9.17) is 13.9 Å².